The number of likely N-dealkylation sites (tertiary alicyclic amines) is 1. The zero-order chi connectivity index (χ0) is 21.3. The van der Waals surface area contributed by atoms with E-state index in [1.54, 1.807) is 4.90 Å². The normalized spacial score (nSPS) is 17.6. The van der Waals surface area contributed by atoms with Crippen molar-refractivity contribution in [3.63, 3.8) is 0 Å². The maximum Gasteiger partial charge on any atom is 0.309 e. The van der Waals surface area contributed by atoms with E-state index in [2.05, 4.69) is 14.9 Å². The number of carbonyl (C=O) groups is 2. The van der Waals surface area contributed by atoms with E-state index < -0.39 is 0 Å². The summed E-state index contributed by atoms with van der Waals surface area (Å²) < 4.78 is 5.12. The summed E-state index contributed by atoms with van der Waals surface area (Å²) in [4.78, 5) is 43.1. The summed E-state index contributed by atoms with van der Waals surface area (Å²) in [5.74, 6) is 0.501. The molecule has 30 heavy (non-hydrogen) atoms. The molecule has 4 heterocycles. The van der Waals surface area contributed by atoms with Crippen LogP contribution < -0.4 is 4.90 Å². The van der Waals surface area contributed by atoms with E-state index in [4.69, 9.17) is 9.72 Å². The van der Waals surface area contributed by atoms with Crippen LogP contribution in [0.5, 0.6) is 0 Å². The first-order valence-electron chi connectivity index (χ1n) is 10.8. The molecule has 2 aliphatic heterocycles. The molecule has 2 aromatic rings. The summed E-state index contributed by atoms with van der Waals surface area (Å²) in [7, 11) is 0. The quantitative estimate of drug-likeness (QED) is 0.715. The lowest BCUT2D eigenvalue weighted by Gasteiger charge is -2.30. The van der Waals surface area contributed by atoms with E-state index in [0.29, 0.717) is 38.2 Å². The van der Waals surface area contributed by atoms with E-state index in [-0.39, 0.29) is 23.6 Å². The SMILES string of the molecule is CCOC(=O)C1CCN(C(=O)c2nc(N3CCCC3)c3c(C)cc(C)nc3n2)CC1. The number of amides is 1. The third-order valence-corrected chi connectivity index (χ3v) is 5.97. The van der Waals surface area contributed by atoms with Crippen LogP contribution in [-0.2, 0) is 9.53 Å². The van der Waals surface area contributed by atoms with E-state index >= 15 is 0 Å². The fourth-order valence-electron chi connectivity index (χ4n) is 4.43. The van der Waals surface area contributed by atoms with Gasteiger partial charge in [0.25, 0.3) is 5.91 Å². The van der Waals surface area contributed by atoms with Crippen molar-refractivity contribution in [1.29, 1.82) is 0 Å². The second kappa shape index (κ2) is 8.53. The van der Waals surface area contributed by atoms with Crippen molar-refractivity contribution in [2.24, 2.45) is 5.92 Å². The molecule has 0 saturated carbocycles. The Kier molecular flexibility index (Phi) is 5.83. The van der Waals surface area contributed by atoms with Gasteiger partial charge in [-0.3, -0.25) is 9.59 Å². The molecule has 0 radical (unpaired) electrons. The number of carbonyl (C=O) groups excluding carboxylic acids is 2. The number of fused-ring (bicyclic) bond motifs is 1. The number of hydrogen-bond donors (Lipinski definition) is 0. The first-order valence-corrected chi connectivity index (χ1v) is 10.8. The number of hydrogen-bond acceptors (Lipinski definition) is 7. The highest BCUT2D eigenvalue weighted by atomic mass is 16.5. The molecule has 2 aromatic heterocycles. The topological polar surface area (TPSA) is 88.5 Å². The van der Waals surface area contributed by atoms with Gasteiger partial charge in [0, 0.05) is 31.9 Å². The van der Waals surface area contributed by atoms with Gasteiger partial charge < -0.3 is 14.5 Å². The largest absolute Gasteiger partial charge is 0.466 e. The van der Waals surface area contributed by atoms with Crippen molar-refractivity contribution >= 4 is 28.7 Å². The van der Waals surface area contributed by atoms with Crippen molar-refractivity contribution in [3.8, 4) is 0 Å². The Bertz CT molecular complexity index is 963. The van der Waals surface area contributed by atoms with Crippen LogP contribution in [-0.4, -0.2) is 64.5 Å². The molecule has 0 atom stereocenters. The van der Waals surface area contributed by atoms with Gasteiger partial charge in [0.05, 0.1) is 17.9 Å². The molecule has 8 heteroatoms. The number of esters is 1. The van der Waals surface area contributed by atoms with Crippen molar-refractivity contribution in [2.45, 2.75) is 46.5 Å². The van der Waals surface area contributed by atoms with Crippen molar-refractivity contribution in [2.75, 3.05) is 37.7 Å². The minimum absolute atomic E-state index is 0.140. The molecule has 0 N–H and O–H groups in total. The Balaban J connectivity index is 1.62. The number of anilines is 1. The number of ether oxygens (including phenoxy) is 1. The van der Waals surface area contributed by atoms with Gasteiger partial charge >= 0.3 is 5.97 Å². The third-order valence-electron chi connectivity index (χ3n) is 5.97. The van der Waals surface area contributed by atoms with Crippen molar-refractivity contribution < 1.29 is 14.3 Å². The second-order valence-corrected chi connectivity index (χ2v) is 8.16. The minimum atomic E-state index is -0.194. The van der Waals surface area contributed by atoms with Gasteiger partial charge in [-0.05, 0) is 58.1 Å². The maximum atomic E-state index is 13.2. The van der Waals surface area contributed by atoms with Crippen LogP contribution >= 0.6 is 0 Å². The lowest BCUT2D eigenvalue weighted by Crippen LogP contribution is -2.41. The number of nitrogens with zero attached hydrogens (tertiary/aromatic N) is 5. The summed E-state index contributed by atoms with van der Waals surface area (Å²) in [5, 5.41) is 0.931. The fraction of sp³-hybridized carbons (Fsp3) is 0.591. The Labute approximate surface area is 176 Å². The van der Waals surface area contributed by atoms with Crippen molar-refractivity contribution in [3.05, 3.63) is 23.1 Å². The summed E-state index contributed by atoms with van der Waals surface area (Å²) >= 11 is 0. The van der Waals surface area contributed by atoms with Gasteiger partial charge in [-0.25, -0.2) is 15.0 Å². The predicted molar refractivity (Wildman–Crippen MR) is 114 cm³/mol. The highest BCUT2D eigenvalue weighted by molar-refractivity contribution is 5.97. The molecule has 0 bridgehead atoms. The lowest BCUT2D eigenvalue weighted by molar-refractivity contribution is -0.149. The molecule has 2 fully saturated rings. The first kappa shape index (κ1) is 20.5. The summed E-state index contributed by atoms with van der Waals surface area (Å²) in [6, 6.07) is 2.03. The highest BCUT2D eigenvalue weighted by Crippen LogP contribution is 2.30. The Hall–Kier alpha value is -2.77. The molecule has 0 spiro atoms. The van der Waals surface area contributed by atoms with E-state index in [1.165, 1.54) is 0 Å². The zero-order valence-corrected chi connectivity index (χ0v) is 18.0. The Morgan fingerprint density at radius 2 is 1.77 bits per heavy atom. The minimum Gasteiger partial charge on any atom is -0.466 e. The maximum absolute atomic E-state index is 13.2. The fourth-order valence-corrected chi connectivity index (χ4v) is 4.43. The number of pyridine rings is 1. The van der Waals surface area contributed by atoms with Gasteiger partial charge in [0.1, 0.15) is 5.82 Å². The monoisotopic (exact) mass is 411 g/mol. The molecule has 8 nitrogen and oxygen atoms in total. The number of rotatable bonds is 4. The van der Waals surface area contributed by atoms with Gasteiger partial charge in [-0.15, -0.1) is 0 Å². The average Bonchev–Trinajstić information content (AvgIpc) is 3.27. The molecule has 0 aromatic carbocycles. The molecule has 0 aliphatic carbocycles. The van der Waals surface area contributed by atoms with Gasteiger partial charge in [0.15, 0.2) is 5.65 Å². The first-order chi connectivity index (χ1) is 14.5. The van der Waals surface area contributed by atoms with Crippen LogP contribution in [0.4, 0.5) is 5.82 Å². The van der Waals surface area contributed by atoms with E-state index in [1.807, 2.05) is 26.8 Å². The molecular weight excluding hydrogens is 382 g/mol. The number of aryl methyl sites for hydroxylation is 2. The van der Waals surface area contributed by atoms with Crippen LogP contribution in [0.2, 0.25) is 0 Å². The van der Waals surface area contributed by atoms with E-state index in [0.717, 1.165) is 48.4 Å². The summed E-state index contributed by atoms with van der Waals surface area (Å²) in [6.45, 7) is 9.03. The average molecular weight is 412 g/mol. The van der Waals surface area contributed by atoms with Gasteiger partial charge in [-0.2, -0.15) is 0 Å². The highest BCUT2D eigenvalue weighted by Gasteiger charge is 2.31. The van der Waals surface area contributed by atoms with Gasteiger partial charge in [-0.1, -0.05) is 0 Å². The third kappa shape index (κ3) is 3.95. The lowest BCUT2D eigenvalue weighted by atomic mass is 9.97. The molecule has 2 saturated heterocycles. The van der Waals surface area contributed by atoms with Crippen molar-refractivity contribution in [1.82, 2.24) is 19.9 Å². The van der Waals surface area contributed by atoms with E-state index in [9.17, 15) is 9.59 Å². The zero-order valence-electron chi connectivity index (χ0n) is 18.0. The second-order valence-electron chi connectivity index (χ2n) is 8.16. The molecule has 4 rings (SSSR count). The Morgan fingerprint density at radius 3 is 2.43 bits per heavy atom. The number of aromatic nitrogens is 3. The smallest absolute Gasteiger partial charge is 0.309 e. The van der Waals surface area contributed by atoms with Crippen LogP contribution in [0.3, 0.4) is 0 Å². The number of piperidine rings is 1. The van der Waals surface area contributed by atoms with Crippen LogP contribution in [0.15, 0.2) is 6.07 Å². The Morgan fingerprint density at radius 1 is 1.07 bits per heavy atom. The summed E-state index contributed by atoms with van der Waals surface area (Å²) in [6.07, 6.45) is 3.45. The van der Waals surface area contributed by atoms with Crippen LogP contribution in [0.1, 0.15) is 54.5 Å². The molecule has 0 unspecified atom stereocenters. The van der Waals surface area contributed by atoms with Gasteiger partial charge in [0.2, 0.25) is 5.82 Å². The molecule has 2 aliphatic rings. The molecular formula is C22H29N5O3. The molecule has 160 valence electrons. The summed E-state index contributed by atoms with van der Waals surface area (Å²) in [5.41, 5.74) is 2.53. The van der Waals surface area contributed by atoms with Crippen LogP contribution in [0.25, 0.3) is 11.0 Å². The molecule has 1 amide bonds. The predicted octanol–water partition coefficient (Wildman–Crippen LogP) is 2.66. The standard InChI is InChI=1S/C22H29N5O3/c1-4-30-22(29)16-7-11-27(12-8-16)21(28)19-24-18-17(14(2)13-15(3)23-18)20(25-19)26-9-5-6-10-26/h13,16H,4-12H2,1-3H3. The van der Waals surface area contributed by atoms with Crippen LogP contribution in [0, 0.1) is 19.8 Å².